The Morgan fingerprint density at radius 1 is 1.08 bits per heavy atom. The predicted octanol–water partition coefficient (Wildman–Crippen LogP) is 1.71. The number of hydrogen-bond acceptors (Lipinski definition) is 2. The van der Waals surface area contributed by atoms with Crippen LogP contribution >= 0.6 is 0 Å². The highest BCUT2D eigenvalue weighted by Crippen LogP contribution is 2.02. The lowest BCUT2D eigenvalue weighted by atomic mass is 10.1. The molecule has 2 nitrogen and oxygen atoms in total. The van der Waals surface area contributed by atoms with Crippen LogP contribution in [0.2, 0.25) is 0 Å². The van der Waals surface area contributed by atoms with Crippen molar-refractivity contribution in [1.82, 2.24) is 10.2 Å². The van der Waals surface area contributed by atoms with Crippen LogP contribution in [0.25, 0.3) is 0 Å². The zero-order valence-corrected chi connectivity index (χ0v) is 9.22. The predicted molar refractivity (Wildman–Crippen MR) is 55.5 cm³/mol. The van der Waals surface area contributed by atoms with Crippen LogP contribution in [-0.4, -0.2) is 36.6 Å². The minimum Gasteiger partial charge on any atom is -0.313 e. The molecule has 2 unspecified atom stereocenters. The summed E-state index contributed by atoms with van der Waals surface area (Å²) in [5, 5.41) is 3.45. The average Bonchev–Trinajstić information content (AvgIpc) is 2.07. The van der Waals surface area contributed by atoms with Crippen LogP contribution < -0.4 is 5.32 Å². The zero-order valence-electron chi connectivity index (χ0n) is 9.22. The van der Waals surface area contributed by atoms with Gasteiger partial charge in [0.1, 0.15) is 0 Å². The van der Waals surface area contributed by atoms with E-state index in [0.717, 1.165) is 19.6 Å². The average molecular weight is 172 g/mol. The number of nitrogens with one attached hydrogen (secondary N) is 1. The Hall–Kier alpha value is -0.0800. The quantitative estimate of drug-likeness (QED) is 0.656. The molecular formula is C10H24N2. The standard InChI is InChI=1S/C10H24N2/c1-6-11-9(4)10(5)12(7-2)8-3/h9-11H,6-8H2,1-5H3. The van der Waals surface area contributed by atoms with E-state index in [0.29, 0.717) is 12.1 Å². The van der Waals surface area contributed by atoms with Crippen molar-refractivity contribution in [1.29, 1.82) is 0 Å². The normalized spacial score (nSPS) is 16.5. The fourth-order valence-corrected chi connectivity index (χ4v) is 1.61. The third-order valence-corrected chi connectivity index (χ3v) is 2.64. The van der Waals surface area contributed by atoms with Gasteiger partial charge in [0.2, 0.25) is 0 Å². The Labute approximate surface area is 77.3 Å². The molecule has 0 aliphatic rings. The fourth-order valence-electron chi connectivity index (χ4n) is 1.61. The van der Waals surface area contributed by atoms with E-state index in [4.69, 9.17) is 0 Å². The summed E-state index contributed by atoms with van der Waals surface area (Å²) in [6.45, 7) is 14.5. The molecule has 0 spiro atoms. The van der Waals surface area contributed by atoms with Gasteiger partial charge in [-0.05, 0) is 33.5 Å². The molecule has 2 atom stereocenters. The number of rotatable bonds is 6. The summed E-state index contributed by atoms with van der Waals surface area (Å²) in [6, 6.07) is 1.23. The molecule has 0 saturated heterocycles. The molecule has 74 valence electrons. The minimum atomic E-state index is 0.592. The SMILES string of the molecule is CCNC(C)C(C)N(CC)CC. The summed E-state index contributed by atoms with van der Waals surface area (Å²) in [7, 11) is 0. The van der Waals surface area contributed by atoms with Gasteiger partial charge in [0.15, 0.2) is 0 Å². The molecule has 0 aromatic rings. The second-order valence-corrected chi connectivity index (χ2v) is 3.31. The lowest BCUT2D eigenvalue weighted by molar-refractivity contribution is 0.193. The van der Waals surface area contributed by atoms with Crippen LogP contribution in [0.3, 0.4) is 0 Å². The topological polar surface area (TPSA) is 15.3 Å². The van der Waals surface area contributed by atoms with Gasteiger partial charge < -0.3 is 5.32 Å². The second-order valence-electron chi connectivity index (χ2n) is 3.31. The Bertz CT molecular complexity index is 100. The molecule has 0 aliphatic carbocycles. The van der Waals surface area contributed by atoms with Crippen molar-refractivity contribution in [3.8, 4) is 0 Å². The van der Waals surface area contributed by atoms with Gasteiger partial charge in [-0.15, -0.1) is 0 Å². The maximum absolute atomic E-state index is 3.45. The van der Waals surface area contributed by atoms with Crippen LogP contribution in [0, 0.1) is 0 Å². The van der Waals surface area contributed by atoms with Gasteiger partial charge in [-0.1, -0.05) is 20.8 Å². The van der Waals surface area contributed by atoms with Crippen molar-refractivity contribution in [3.05, 3.63) is 0 Å². The fraction of sp³-hybridized carbons (Fsp3) is 1.00. The zero-order chi connectivity index (χ0) is 9.56. The van der Waals surface area contributed by atoms with E-state index in [1.807, 2.05) is 0 Å². The number of hydrogen-bond donors (Lipinski definition) is 1. The van der Waals surface area contributed by atoms with Crippen molar-refractivity contribution in [3.63, 3.8) is 0 Å². The molecule has 0 saturated carbocycles. The van der Waals surface area contributed by atoms with Gasteiger partial charge in [0.05, 0.1) is 0 Å². The Morgan fingerprint density at radius 3 is 1.92 bits per heavy atom. The van der Waals surface area contributed by atoms with Gasteiger partial charge in [-0.3, -0.25) is 4.90 Å². The third kappa shape index (κ3) is 3.55. The first kappa shape index (κ1) is 11.9. The molecule has 1 N–H and O–H groups in total. The summed E-state index contributed by atoms with van der Waals surface area (Å²) in [6.07, 6.45) is 0. The first-order valence-electron chi connectivity index (χ1n) is 5.14. The van der Waals surface area contributed by atoms with Gasteiger partial charge >= 0.3 is 0 Å². The Morgan fingerprint density at radius 2 is 1.58 bits per heavy atom. The van der Waals surface area contributed by atoms with Crippen LogP contribution in [0.1, 0.15) is 34.6 Å². The van der Waals surface area contributed by atoms with E-state index < -0.39 is 0 Å². The molecule has 0 fully saturated rings. The van der Waals surface area contributed by atoms with Crippen molar-refractivity contribution in [2.24, 2.45) is 0 Å². The first-order chi connectivity index (χ1) is 5.67. The number of likely N-dealkylation sites (N-methyl/N-ethyl adjacent to an activating group) is 2. The third-order valence-electron chi connectivity index (χ3n) is 2.64. The molecular weight excluding hydrogens is 148 g/mol. The van der Waals surface area contributed by atoms with Gasteiger partial charge in [0.25, 0.3) is 0 Å². The Balaban J connectivity index is 3.87. The molecule has 0 aromatic heterocycles. The molecule has 0 amide bonds. The molecule has 0 rings (SSSR count). The van der Waals surface area contributed by atoms with Gasteiger partial charge in [-0.2, -0.15) is 0 Å². The highest BCUT2D eigenvalue weighted by molar-refractivity contribution is 4.75. The van der Waals surface area contributed by atoms with Gasteiger partial charge in [-0.25, -0.2) is 0 Å². The lowest BCUT2D eigenvalue weighted by Crippen LogP contribution is -2.46. The van der Waals surface area contributed by atoms with E-state index >= 15 is 0 Å². The van der Waals surface area contributed by atoms with Crippen LogP contribution in [0.15, 0.2) is 0 Å². The molecule has 12 heavy (non-hydrogen) atoms. The lowest BCUT2D eigenvalue weighted by Gasteiger charge is -2.31. The van der Waals surface area contributed by atoms with E-state index in [9.17, 15) is 0 Å². The molecule has 0 radical (unpaired) electrons. The summed E-state index contributed by atoms with van der Waals surface area (Å²) in [4.78, 5) is 2.48. The molecule has 2 heteroatoms. The molecule has 0 bridgehead atoms. The van der Waals surface area contributed by atoms with Crippen molar-refractivity contribution >= 4 is 0 Å². The van der Waals surface area contributed by atoms with Gasteiger partial charge in [0, 0.05) is 12.1 Å². The van der Waals surface area contributed by atoms with Crippen molar-refractivity contribution in [2.75, 3.05) is 19.6 Å². The summed E-state index contributed by atoms with van der Waals surface area (Å²) in [5.74, 6) is 0. The molecule has 0 aliphatic heterocycles. The van der Waals surface area contributed by atoms with Crippen molar-refractivity contribution in [2.45, 2.75) is 46.7 Å². The first-order valence-corrected chi connectivity index (χ1v) is 5.14. The maximum Gasteiger partial charge on any atom is 0.0218 e. The molecule has 0 heterocycles. The largest absolute Gasteiger partial charge is 0.313 e. The van der Waals surface area contributed by atoms with Crippen LogP contribution in [0.4, 0.5) is 0 Å². The van der Waals surface area contributed by atoms with Crippen molar-refractivity contribution < 1.29 is 0 Å². The monoisotopic (exact) mass is 172 g/mol. The summed E-state index contributed by atoms with van der Waals surface area (Å²) < 4.78 is 0. The van der Waals surface area contributed by atoms with E-state index in [1.54, 1.807) is 0 Å². The highest BCUT2D eigenvalue weighted by Gasteiger charge is 2.15. The smallest absolute Gasteiger partial charge is 0.0218 e. The maximum atomic E-state index is 3.45. The minimum absolute atomic E-state index is 0.592. The Kier molecular flexibility index (Phi) is 6.39. The van der Waals surface area contributed by atoms with E-state index in [-0.39, 0.29) is 0 Å². The summed E-state index contributed by atoms with van der Waals surface area (Å²) >= 11 is 0. The summed E-state index contributed by atoms with van der Waals surface area (Å²) in [5.41, 5.74) is 0. The van der Waals surface area contributed by atoms with Crippen LogP contribution in [0.5, 0.6) is 0 Å². The van der Waals surface area contributed by atoms with E-state index in [1.165, 1.54) is 0 Å². The van der Waals surface area contributed by atoms with E-state index in [2.05, 4.69) is 44.8 Å². The van der Waals surface area contributed by atoms with Crippen LogP contribution in [-0.2, 0) is 0 Å². The molecule has 0 aromatic carbocycles. The number of nitrogens with zero attached hydrogens (tertiary/aromatic N) is 1. The highest BCUT2D eigenvalue weighted by atomic mass is 15.2. The second kappa shape index (κ2) is 6.44.